The summed E-state index contributed by atoms with van der Waals surface area (Å²) in [5.74, 6) is 0.214. The van der Waals surface area contributed by atoms with Gasteiger partial charge in [-0.05, 0) is 48.5 Å². The summed E-state index contributed by atoms with van der Waals surface area (Å²) in [6.45, 7) is -0.240. The van der Waals surface area contributed by atoms with Crippen LogP contribution in [0.5, 0.6) is 11.5 Å². The number of rotatable bonds is 7. The average molecular weight is 445 g/mol. The lowest BCUT2D eigenvalue weighted by molar-refractivity contribution is -0.118. The van der Waals surface area contributed by atoms with Crippen LogP contribution in [0.2, 0.25) is 10.0 Å². The second-order valence-corrected chi connectivity index (χ2v) is 6.91. The Kier molecular flexibility index (Phi) is 7.17. The Morgan fingerprint density at radius 3 is 2.30 bits per heavy atom. The Labute approximate surface area is 183 Å². The molecule has 154 valence electrons. The summed E-state index contributed by atoms with van der Waals surface area (Å²) < 4.78 is 10.6. The van der Waals surface area contributed by atoms with Gasteiger partial charge >= 0.3 is 0 Å². The molecule has 0 radical (unpaired) electrons. The maximum absolute atomic E-state index is 12.4. The molecule has 3 aromatic carbocycles. The minimum Gasteiger partial charge on any atom is -0.495 e. The minimum atomic E-state index is -0.378. The summed E-state index contributed by atoms with van der Waals surface area (Å²) in [4.78, 5) is 24.5. The van der Waals surface area contributed by atoms with Gasteiger partial charge in [-0.3, -0.25) is 9.59 Å². The van der Waals surface area contributed by atoms with Crippen LogP contribution >= 0.6 is 23.2 Å². The van der Waals surface area contributed by atoms with E-state index in [0.29, 0.717) is 33.5 Å². The molecule has 0 aliphatic carbocycles. The highest BCUT2D eigenvalue weighted by molar-refractivity contribution is 6.42. The molecular formula is C22H18Cl2N2O4. The SMILES string of the molecule is COc1ccccc1NC(=O)c1ccc(NC(=O)COc2cccc(Cl)c2Cl)cc1. The second-order valence-electron chi connectivity index (χ2n) is 6.12. The van der Waals surface area contributed by atoms with Gasteiger partial charge in [0.25, 0.3) is 11.8 Å². The zero-order chi connectivity index (χ0) is 21.5. The van der Waals surface area contributed by atoms with Gasteiger partial charge in [0.15, 0.2) is 6.61 Å². The van der Waals surface area contributed by atoms with Crippen LogP contribution in [0.3, 0.4) is 0 Å². The van der Waals surface area contributed by atoms with Crippen LogP contribution in [0.15, 0.2) is 66.7 Å². The molecule has 0 heterocycles. The van der Waals surface area contributed by atoms with E-state index in [2.05, 4.69) is 10.6 Å². The normalized spacial score (nSPS) is 10.2. The van der Waals surface area contributed by atoms with Crippen molar-refractivity contribution in [3.8, 4) is 11.5 Å². The molecule has 0 atom stereocenters. The Hall–Kier alpha value is -3.22. The van der Waals surface area contributed by atoms with E-state index >= 15 is 0 Å². The first-order chi connectivity index (χ1) is 14.5. The van der Waals surface area contributed by atoms with Crippen molar-refractivity contribution in [3.63, 3.8) is 0 Å². The summed E-state index contributed by atoms with van der Waals surface area (Å²) >= 11 is 11.9. The van der Waals surface area contributed by atoms with Crippen molar-refractivity contribution < 1.29 is 19.1 Å². The lowest BCUT2D eigenvalue weighted by Gasteiger charge is -2.11. The number of carbonyl (C=O) groups is 2. The number of anilines is 2. The third-order valence-corrected chi connectivity index (χ3v) is 4.86. The van der Waals surface area contributed by atoms with Gasteiger partial charge in [-0.1, -0.05) is 41.4 Å². The molecule has 0 fully saturated rings. The van der Waals surface area contributed by atoms with Crippen molar-refractivity contribution in [1.82, 2.24) is 0 Å². The van der Waals surface area contributed by atoms with Gasteiger partial charge in [0.05, 0.1) is 17.8 Å². The van der Waals surface area contributed by atoms with Crippen molar-refractivity contribution in [3.05, 3.63) is 82.3 Å². The molecule has 2 amide bonds. The Morgan fingerprint density at radius 1 is 0.867 bits per heavy atom. The highest BCUT2D eigenvalue weighted by Gasteiger charge is 2.11. The average Bonchev–Trinajstić information content (AvgIpc) is 2.75. The first-order valence-corrected chi connectivity index (χ1v) is 9.64. The number of hydrogen-bond donors (Lipinski definition) is 2. The maximum atomic E-state index is 12.4. The largest absolute Gasteiger partial charge is 0.495 e. The molecule has 8 heteroatoms. The third-order valence-electron chi connectivity index (χ3n) is 4.06. The van der Waals surface area contributed by atoms with Crippen molar-refractivity contribution in [1.29, 1.82) is 0 Å². The molecule has 0 unspecified atom stereocenters. The fourth-order valence-electron chi connectivity index (χ4n) is 2.58. The quantitative estimate of drug-likeness (QED) is 0.520. The molecule has 30 heavy (non-hydrogen) atoms. The summed E-state index contributed by atoms with van der Waals surface area (Å²) in [5.41, 5.74) is 1.52. The molecule has 0 spiro atoms. The van der Waals surface area contributed by atoms with Gasteiger partial charge < -0.3 is 20.1 Å². The lowest BCUT2D eigenvalue weighted by Crippen LogP contribution is -2.20. The predicted molar refractivity (Wildman–Crippen MR) is 118 cm³/mol. The van der Waals surface area contributed by atoms with E-state index in [1.54, 1.807) is 60.7 Å². The summed E-state index contributed by atoms with van der Waals surface area (Å²) in [5, 5.41) is 6.07. The van der Waals surface area contributed by atoms with E-state index < -0.39 is 0 Å². The van der Waals surface area contributed by atoms with Gasteiger partial charge in [-0.15, -0.1) is 0 Å². The molecular weight excluding hydrogens is 427 g/mol. The maximum Gasteiger partial charge on any atom is 0.262 e. The van der Waals surface area contributed by atoms with Gasteiger partial charge in [0.1, 0.15) is 16.5 Å². The van der Waals surface area contributed by atoms with Crippen molar-refractivity contribution in [2.24, 2.45) is 0 Å². The van der Waals surface area contributed by atoms with E-state index in [-0.39, 0.29) is 23.4 Å². The minimum absolute atomic E-state index is 0.240. The smallest absolute Gasteiger partial charge is 0.262 e. The Balaban J connectivity index is 1.56. The van der Waals surface area contributed by atoms with Crippen molar-refractivity contribution >= 4 is 46.4 Å². The zero-order valence-electron chi connectivity index (χ0n) is 15.9. The van der Waals surface area contributed by atoms with Crippen LogP contribution in [0.4, 0.5) is 11.4 Å². The highest BCUT2D eigenvalue weighted by atomic mass is 35.5. The number of nitrogens with one attached hydrogen (secondary N) is 2. The Bertz CT molecular complexity index is 1060. The zero-order valence-corrected chi connectivity index (χ0v) is 17.5. The third kappa shape index (κ3) is 5.43. The molecule has 0 aliphatic heterocycles. The van der Waals surface area contributed by atoms with Crippen molar-refractivity contribution in [2.75, 3.05) is 24.4 Å². The molecule has 0 saturated heterocycles. The van der Waals surface area contributed by atoms with E-state index in [0.717, 1.165) is 0 Å². The van der Waals surface area contributed by atoms with Gasteiger partial charge in [0, 0.05) is 11.3 Å². The second kappa shape index (κ2) is 10.0. The fourth-order valence-corrected chi connectivity index (χ4v) is 2.93. The number of benzene rings is 3. The molecule has 0 saturated carbocycles. The van der Waals surface area contributed by atoms with Crippen LogP contribution in [0, 0.1) is 0 Å². The lowest BCUT2D eigenvalue weighted by atomic mass is 10.2. The van der Waals surface area contributed by atoms with E-state index in [9.17, 15) is 9.59 Å². The van der Waals surface area contributed by atoms with Crippen LogP contribution < -0.4 is 20.1 Å². The molecule has 2 N–H and O–H groups in total. The number of halogens is 2. The summed E-state index contributed by atoms with van der Waals surface area (Å²) in [7, 11) is 1.53. The molecule has 0 bridgehead atoms. The van der Waals surface area contributed by atoms with E-state index in [1.807, 2.05) is 6.07 Å². The van der Waals surface area contributed by atoms with Gasteiger partial charge in [-0.25, -0.2) is 0 Å². The molecule has 6 nitrogen and oxygen atoms in total. The first kappa shape index (κ1) is 21.5. The number of carbonyl (C=O) groups excluding carboxylic acids is 2. The standard InChI is InChI=1S/C22H18Cl2N2O4/c1-29-18-7-3-2-6-17(18)26-22(28)14-9-11-15(12-10-14)25-20(27)13-30-19-8-4-5-16(23)21(19)24/h2-12H,13H2,1H3,(H,25,27)(H,26,28). The number of methoxy groups -OCH3 is 1. The number of hydrogen-bond acceptors (Lipinski definition) is 4. The monoisotopic (exact) mass is 444 g/mol. The number of para-hydroxylation sites is 2. The molecule has 3 aromatic rings. The predicted octanol–water partition coefficient (Wildman–Crippen LogP) is 5.27. The van der Waals surface area contributed by atoms with Gasteiger partial charge in [0.2, 0.25) is 0 Å². The van der Waals surface area contributed by atoms with Crippen LogP contribution in [-0.2, 0) is 4.79 Å². The number of amides is 2. The fraction of sp³-hybridized carbons (Fsp3) is 0.0909. The molecule has 0 aromatic heterocycles. The van der Waals surface area contributed by atoms with Crippen LogP contribution in [-0.4, -0.2) is 25.5 Å². The topological polar surface area (TPSA) is 76.7 Å². The first-order valence-electron chi connectivity index (χ1n) is 8.89. The van der Waals surface area contributed by atoms with Crippen LogP contribution in [0.1, 0.15) is 10.4 Å². The highest BCUT2D eigenvalue weighted by Crippen LogP contribution is 2.31. The molecule has 0 aliphatic rings. The molecule has 3 rings (SSSR count). The van der Waals surface area contributed by atoms with Gasteiger partial charge in [-0.2, -0.15) is 0 Å². The number of ether oxygens (including phenoxy) is 2. The van der Waals surface area contributed by atoms with Crippen LogP contribution in [0.25, 0.3) is 0 Å². The Morgan fingerprint density at radius 2 is 1.57 bits per heavy atom. The van der Waals surface area contributed by atoms with E-state index in [4.69, 9.17) is 32.7 Å². The van der Waals surface area contributed by atoms with E-state index in [1.165, 1.54) is 7.11 Å². The van der Waals surface area contributed by atoms with Crippen molar-refractivity contribution in [2.45, 2.75) is 0 Å². The summed E-state index contributed by atoms with van der Waals surface area (Å²) in [6, 6.07) is 18.5. The summed E-state index contributed by atoms with van der Waals surface area (Å²) in [6.07, 6.45) is 0.